The van der Waals surface area contributed by atoms with E-state index >= 15 is 0 Å². The van der Waals surface area contributed by atoms with E-state index in [1.807, 2.05) is 48.6 Å². The molecule has 0 fully saturated rings. The quantitative estimate of drug-likeness (QED) is 0.724. The van der Waals surface area contributed by atoms with Crippen LogP contribution in [0, 0.1) is 0 Å². The van der Waals surface area contributed by atoms with Crippen LogP contribution in [0.5, 0.6) is 5.88 Å². The first-order valence-electron chi connectivity index (χ1n) is 8.37. The van der Waals surface area contributed by atoms with Crippen LogP contribution in [-0.2, 0) is 5.60 Å². The van der Waals surface area contributed by atoms with Crippen molar-refractivity contribution in [2.75, 3.05) is 0 Å². The summed E-state index contributed by atoms with van der Waals surface area (Å²) in [6.45, 7) is 0. The zero-order chi connectivity index (χ0) is 18.7. The lowest BCUT2D eigenvalue weighted by molar-refractivity contribution is 0.0668. The van der Waals surface area contributed by atoms with Crippen molar-refractivity contribution in [2.24, 2.45) is 0 Å². The van der Waals surface area contributed by atoms with Gasteiger partial charge in [0.25, 0.3) is 0 Å². The molecule has 2 aromatic heterocycles. The predicted molar refractivity (Wildman–Crippen MR) is 98.1 cm³/mol. The summed E-state index contributed by atoms with van der Waals surface area (Å²) >= 11 is 0. The molecule has 7 heteroatoms. The molecule has 1 aliphatic rings. The van der Waals surface area contributed by atoms with E-state index in [1.165, 1.54) is 0 Å². The third kappa shape index (κ3) is 3.22. The van der Waals surface area contributed by atoms with E-state index < -0.39 is 11.6 Å². The summed E-state index contributed by atoms with van der Waals surface area (Å²) in [5, 5.41) is 19.7. The van der Waals surface area contributed by atoms with Crippen LogP contribution in [-0.4, -0.2) is 31.5 Å². The highest BCUT2D eigenvalue weighted by atomic mass is 16.5. The maximum atomic E-state index is 11.6. The number of ether oxygens (including phenoxy) is 1. The zero-order valence-corrected chi connectivity index (χ0v) is 14.2. The van der Waals surface area contributed by atoms with Crippen molar-refractivity contribution in [3.05, 3.63) is 89.9 Å². The van der Waals surface area contributed by atoms with Gasteiger partial charge in [-0.05, 0) is 23.3 Å². The largest absolute Gasteiger partial charge is 0.476 e. The first-order chi connectivity index (χ1) is 13.2. The van der Waals surface area contributed by atoms with Gasteiger partial charge in [-0.25, -0.2) is 9.78 Å². The van der Waals surface area contributed by atoms with Crippen molar-refractivity contribution in [3.63, 3.8) is 0 Å². The maximum Gasteiger partial charge on any atom is 0.358 e. The number of carboxylic acids is 1. The normalized spacial score (nSPS) is 18.7. The second kappa shape index (κ2) is 6.87. The highest BCUT2D eigenvalue weighted by Gasteiger charge is 2.40. The Morgan fingerprint density at radius 1 is 1.11 bits per heavy atom. The summed E-state index contributed by atoms with van der Waals surface area (Å²) in [5.41, 5.74) is 1.01. The van der Waals surface area contributed by atoms with Crippen LogP contribution in [0.25, 0.3) is 5.57 Å². The van der Waals surface area contributed by atoms with Gasteiger partial charge in [0.2, 0.25) is 5.88 Å². The third-order valence-electron chi connectivity index (χ3n) is 4.34. The topological polar surface area (TPSA) is 101 Å². The van der Waals surface area contributed by atoms with Crippen molar-refractivity contribution >= 4 is 11.5 Å². The minimum Gasteiger partial charge on any atom is -0.476 e. The molecule has 2 heterocycles. The summed E-state index contributed by atoms with van der Waals surface area (Å²) in [5.74, 6) is -0.799. The van der Waals surface area contributed by atoms with Crippen LogP contribution in [0.15, 0.2) is 73.0 Å². The van der Waals surface area contributed by atoms with Crippen LogP contribution < -0.4 is 4.74 Å². The van der Waals surface area contributed by atoms with E-state index in [0.29, 0.717) is 12.3 Å². The molecule has 2 N–H and O–H groups in total. The smallest absolute Gasteiger partial charge is 0.358 e. The van der Waals surface area contributed by atoms with E-state index in [1.54, 1.807) is 24.4 Å². The van der Waals surface area contributed by atoms with Crippen molar-refractivity contribution in [1.29, 1.82) is 0 Å². The molecule has 7 nitrogen and oxygen atoms in total. The molecule has 0 spiro atoms. The molecule has 1 unspecified atom stereocenters. The van der Waals surface area contributed by atoms with Gasteiger partial charge in [-0.15, -0.1) is 5.10 Å². The van der Waals surface area contributed by atoms with E-state index in [2.05, 4.69) is 20.4 Å². The molecular formula is C20H16N4O3. The lowest BCUT2D eigenvalue weighted by Gasteiger charge is -2.31. The molecule has 0 saturated carbocycles. The van der Waals surface area contributed by atoms with Gasteiger partial charge in [-0.1, -0.05) is 48.6 Å². The van der Waals surface area contributed by atoms with Gasteiger partial charge in [-0.3, -0.25) is 0 Å². The Labute approximate surface area is 155 Å². The van der Waals surface area contributed by atoms with Gasteiger partial charge in [0, 0.05) is 18.7 Å². The first-order valence-corrected chi connectivity index (χ1v) is 8.37. The fourth-order valence-corrected chi connectivity index (χ4v) is 3.04. The number of pyridine rings is 1. The Hall–Kier alpha value is -3.74. The van der Waals surface area contributed by atoms with E-state index in [9.17, 15) is 9.90 Å². The highest BCUT2D eigenvalue weighted by Crippen LogP contribution is 2.38. The molecule has 1 atom stereocenters. The molecule has 27 heavy (non-hydrogen) atoms. The second-order valence-corrected chi connectivity index (χ2v) is 6.05. The molecule has 134 valence electrons. The van der Waals surface area contributed by atoms with Crippen LogP contribution in [0.4, 0.5) is 0 Å². The number of hydrogen-bond acceptors (Lipinski definition) is 5. The monoisotopic (exact) mass is 360 g/mol. The molecule has 1 aromatic carbocycles. The second-order valence-electron chi connectivity index (χ2n) is 6.05. The van der Waals surface area contributed by atoms with Gasteiger partial charge >= 0.3 is 5.97 Å². The predicted octanol–water partition coefficient (Wildman–Crippen LogP) is 3.22. The summed E-state index contributed by atoms with van der Waals surface area (Å²) in [7, 11) is 0. The average molecular weight is 360 g/mol. The average Bonchev–Trinajstić information content (AvgIpc) is 3.21. The number of carbonyl (C=O) groups is 1. The number of aromatic carboxylic acids is 1. The van der Waals surface area contributed by atoms with Crippen LogP contribution in [0.1, 0.15) is 28.2 Å². The van der Waals surface area contributed by atoms with Crippen molar-refractivity contribution in [2.45, 2.75) is 12.0 Å². The number of hydrogen-bond donors (Lipinski definition) is 2. The van der Waals surface area contributed by atoms with Gasteiger partial charge in [0.15, 0.2) is 11.3 Å². The lowest BCUT2D eigenvalue weighted by atomic mass is 9.86. The Morgan fingerprint density at radius 3 is 2.59 bits per heavy atom. The molecule has 0 radical (unpaired) electrons. The summed E-state index contributed by atoms with van der Waals surface area (Å²) < 4.78 is 6.13. The molecular weight excluding hydrogens is 344 g/mol. The first kappa shape index (κ1) is 16.7. The summed E-state index contributed by atoms with van der Waals surface area (Å²) in [6.07, 6.45) is 7.72. The van der Waals surface area contributed by atoms with Crippen molar-refractivity contribution in [3.8, 4) is 5.88 Å². The van der Waals surface area contributed by atoms with E-state index in [0.717, 1.165) is 11.1 Å². The third-order valence-corrected chi connectivity index (χ3v) is 4.34. The standard InChI is InChI=1S/C20H16N4O3/c25-19(26)17-18(23-24-22-17)20(27-16-8-4-5-13-21-16)11-9-15(10-12-20)14-6-2-1-3-7-14/h1-11,13H,12H2,(H,25,26)(H,22,23,24). The van der Waals surface area contributed by atoms with Gasteiger partial charge < -0.3 is 9.84 Å². The molecule has 0 aliphatic heterocycles. The number of nitrogens with zero attached hydrogens (tertiary/aromatic N) is 3. The van der Waals surface area contributed by atoms with Gasteiger partial charge in [-0.2, -0.15) is 10.3 Å². The fraction of sp³-hybridized carbons (Fsp3) is 0.100. The lowest BCUT2D eigenvalue weighted by Crippen LogP contribution is -2.34. The number of nitrogens with one attached hydrogen (secondary N) is 1. The van der Waals surface area contributed by atoms with Crippen LogP contribution in [0.3, 0.4) is 0 Å². The maximum absolute atomic E-state index is 11.6. The SMILES string of the molecule is O=C(O)c1n[nH]nc1C1(Oc2ccccn2)C=CC(c2ccccc2)=CC1. The summed E-state index contributed by atoms with van der Waals surface area (Å²) in [6, 6.07) is 15.2. The number of rotatable bonds is 5. The number of carboxylic acid groups (broad SMARTS) is 1. The number of H-pyrrole nitrogens is 1. The van der Waals surface area contributed by atoms with Crippen LogP contribution in [0.2, 0.25) is 0 Å². The molecule has 4 rings (SSSR count). The van der Waals surface area contributed by atoms with Crippen molar-refractivity contribution < 1.29 is 14.6 Å². The number of aromatic amines is 1. The Balaban J connectivity index is 1.75. The number of benzene rings is 1. The minimum absolute atomic E-state index is 0.174. The Morgan fingerprint density at radius 2 is 1.93 bits per heavy atom. The van der Waals surface area contributed by atoms with Gasteiger partial charge in [0.05, 0.1) is 0 Å². The molecule has 0 amide bonds. The summed E-state index contributed by atoms with van der Waals surface area (Å²) in [4.78, 5) is 15.8. The molecule has 1 aliphatic carbocycles. The van der Waals surface area contributed by atoms with Crippen LogP contribution >= 0.6 is 0 Å². The highest BCUT2D eigenvalue weighted by molar-refractivity contribution is 5.87. The van der Waals surface area contributed by atoms with Crippen molar-refractivity contribution in [1.82, 2.24) is 20.4 Å². The Bertz CT molecular complexity index is 1010. The minimum atomic E-state index is -1.17. The van der Waals surface area contributed by atoms with E-state index in [4.69, 9.17) is 4.74 Å². The van der Waals surface area contributed by atoms with Gasteiger partial charge in [0.1, 0.15) is 5.69 Å². The Kier molecular flexibility index (Phi) is 4.25. The number of aromatic nitrogens is 4. The zero-order valence-electron chi connectivity index (χ0n) is 14.2. The molecule has 0 saturated heterocycles. The van der Waals surface area contributed by atoms with E-state index in [-0.39, 0.29) is 11.4 Å². The fourth-order valence-electron chi connectivity index (χ4n) is 3.04. The molecule has 0 bridgehead atoms. The molecule has 3 aromatic rings. The number of allylic oxidation sites excluding steroid dienone is 2.